The molecule has 2 atom stereocenters. The Morgan fingerprint density at radius 3 is 3.11 bits per heavy atom. The van der Waals surface area contributed by atoms with E-state index in [4.69, 9.17) is 0 Å². The summed E-state index contributed by atoms with van der Waals surface area (Å²) in [5.74, 6) is 0. The molecule has 1 heterocycles. The predicted molar refractivity (Wildman–Crippen MR) is 77.7 cm³/mol. The lowest BCUT2D eigenvalue weighted by atomic mass is 10.0. The lowest BCUT2D eigenvalue weighted by Gasteiger charge is -2.29. The van der Waals surface area contributed by atoms with E-state index in [0.29, 0.717) is 13.0 Å². The van der Waals surface area contributed by atoms with Gasteiger partial charge in [0.25, 0.3) is 0 Å². The molecular weight excluding hydrogens is 262 g/mol. The van der Waals surface area contributed by atoms with Gasteiger partial charge in [-0.1, -0.05) is 6.07 Å². The Kier molecular flexibility index (Phi) is 5.07. The fourth-order valence-electron chi connectivity index (χ4n) is 2.03. The SMILES string of the molecule is CSc1cccc(NC(=O)N[C@@H]2CNCC[C@H]2O)c1. The second-order valence-electron chi connectivity index (χ2n) is 4.50. The lowest BCUT2D eigenvalue weighted by molar-refractivity contribution is 0.103. The van der Waals surface area contributed by atoms with E-state index in [-0.39, 0.29) is 12.1 Å². The highest BCUT2D eigenvalue weighted by Crippen LogP contribution is 2.18. The zero-order chi connectivity index (χ0) is 13.7. The van der Waals surface area contributed by atoms with Crippen molar-refractivity contribution < 1.29 is 9.90 Å². The molecule has 1 aliphatic heterocycles. The van der Waals surface area contributed by atoms with Crippen LogP contribution in [0.2, 0.25) is 0 Å². The van der Waals surface area contributed by atoms with E-state index < -0.39 is 6.10 Å². The average molecular weight is 281 g/mol. The molecule has 1 saturated heterocycles. The minimum Gasteiger partial charge on any atom is -0.391 e. The van der Waals surface area contributed by atoms with E-state index in [1.165, 1.54) is 0 Å². The fourth-order valence-corrected chi connectivity index (χ4v) is 2.49. The summed E-state index contributed by atoms with van der Waals surface area (Å²) in [5.41, 5.74) is 0.752. The molecule has 0 bridgehead atoms. The summed E-state index contributed by atoms with van der Waals surface area (Å²) in [6.07, 6.45) is 2.17. The molecule has 104 valence electrons. The van der Waals surface area contributed by atoms with Crippen LogP contribution in [0.4, 0.5) is 10.5 Å². The number of carbonyl (C=O) groups is 1. The first-order valence-electron chi connectivity index (χ1n) is 6.29. The highest BCUT2D eigenvalue weighted by atomic mass is 32.2. The number of rotatable bonds is 3. The van der Waals surface area contributed by atoms with Crippen molar-refractivity contribution in [1.82, 2.24) is 10.6 Å². The van der Waals surface area contributed by atoms with Crippen molar-refractivity contribution >= 4 is 23.5 Å². The monoisotopic (exact) mass is 281 g/mol. The number of piperidine rings is 1. The van der Waals surface area contributed by atoms with Crippen LogP contribution in [0.1, 0.15) is 6.42 Å². The van der Waals surface area contributed by atoms with Gasteiger partial charge in [0, 0.05) is 17.1 Å². The van der Waals surface area contributed by atoms with Crippen LogP contribution in [0, 0.1) is 0 Å². The number of hydrogen-bond acceptors (Lipinski definition) is 4. The van der Waals surface area contributed by atoms with Crippen LogP contribution in [0.5, 0.6) is 0 Å². The van der Waals surface area contributed by atoms with Crippen LogP contribution in [-0.4, -0.2) is 42.6 Å². The molecule has 1 aromatic carbocycles. The number of aliphatic hydroxyl groups is 1. The number of hydrogen-bond donors (Lipinski definition) is 4. The Morgan fingerprint density at radius 1 is 1.53 bits per heavy atom. The second kappa shape index (κ2) is 6.79. The second-order valence-corrected chi connectivity index (χ2v) is 5.38. The molecule has 1 aliphatic rings. The van der Waals surface area contributed by atoms with Crippen molar-refractivity contribution in [2.45, 2.75) is 23.5 Å². The van der Waals surface area contributed by atoms with E-state index in [9.17, 15) is 9.90 Å². The maximum Gasteiger partial charge on any atom is 0.319 e. The number of anilines is 1. The number of aliphatic hydroxyl groups excluding tert-OH is 1. The van der Waals surface area contributed by atoms with Gasteiger partial charge in [-0.15, -0.1) is 11.8 Å². The molecule has 0 unspecified atom stereocenters. The molecule has 1 fully saturated rings. The van der Waals surface area contributed by atoms with Crippen molar-refractivity contribution in [2.75, 3.05) is 24.7 Å². The smallest absolute Gasteiger partial charge is 0.319 e. The fraction of sp³-hybridized carbons (Fsp3) is 0.462. The number of benzene rings is 1. The van der Waals surface area contributed by atoms with Crippen molar-refractivity contribution in [2.24, 2.45) is 0 Å². The lowest BCUT2D eigenvalue weighted by Crippen LogP contribution is -2.54. The van der Waals surface area contributed by atoms with Gasteiger partial charge in [0.1, 0.15) is 0 Å². The highest BCUT2D eigenvalue weighted by molar-refractivity contribution is 7.98. The Morgan fingerprint density at radius 2 is 2.37 bits per heavy atom. The first kappa shape index (κ1) is 14.2. The molecule has 6 heteroatoms. The van der Waals surface area contributed by atoms with Crippen molar-refractivity contribution in [3.8, 4) is 0 Å². The summed E-state index contributed by atoms with van der Waals surface area (Å²) in [6, 6.07) is 7.12. The molecule has 19 heavy (non-hydrogen) atoms. The molecule has 0 saturated carbocycles. The van der Waals surface area contributed by atoms with Crippen molar-refractivity contribution in [3.05, 3.63) is 24.3 Å². The maximum atomic E-state index is 11.9. The molecule has 0 radical (unpaired) electrons. The zero-order valence-electron chi connectivity index (χ0n) is 10.8. The van der Waals surface area contributed by atoms with Crippen molar-refractivity contribution in [1.29, 1.82) is 0 Å². The van der Waals surface area contributed by atoms with E-state index in [0.717, 1.165) is 17.1 Å². The van der Waals surface area contributed by atoms with Crippen LogP contribution in [0.25, 0.3) is 0 Å². The normalized spacial score (nSPS) is 22.8. The summed E-state index contributed by atoms with van der Waals surface area (Å²) in [4.78, 5) is 13.0. The quantitative estimate of drug-likeness (QED) is 0.629. The number of thioether (sulfide) groups is 1. The Labute approximate surface area is 117 Å². The van der Waals surface area contributed by atoms with Gasteiger partial charge in [-0.05, 0) is 37.4 Å². The summed E-state index contributed by atoms with van der Waals surface area (Å²) in [7, 11) is 0. The highest BCUT2D eigenvalue weighted by Gasteiger charge is 2.24. The van der Waals surface area contributed by atoms with E-state index in [2.05, 4.69) is 16.0 Å². The van der Waals surface area contributed by atoms with Crippen LogP contribution in [-0.2, 0) is 0 Å². The number of urea groups is 1. The van der Waals surface area contributed by atoms with Gasteiger partial charge in [-0.2, -0.15) is 0 Å². The topological polar surface area (TPSA) is 73.4 Å². The third kappa shape index (κ3) is 4.12. The molecule has 4 N–H and O–H groups in total. The minimum absolute atomic E-state index is 0.238. The van der Waals surface area contributed by atoms with Gasteiger partial charge < -0.3 is 21.1 Å². The van der Waals surface area contributed by atoms with Gasteiger partial charge >= 0.3 is 6.03 Å². The Balaban J connectivity index is 1.89. The molecule has 0 aromatic heterocycles. The van der Waals surface area contributed by atoms with Gasteiger partial charge in [0.05, 0.1) is 12.1 Å². The molecule has 0 aliphatic carbocycles. The third-order valence-corrected chi connectivity index (χ3v) is 3.82. The molecule has 0 spiro atoms. The van der Waals surface area contributed by atoms with E-state index >= 15 is 0 Å². The predicted octanol–water partition coefficient (Wildman–Crippen LogP) is 1.25. The minimum atomic E-state index is -0.482. The van der Waals surface area contributed by atoms with Gasteiger partial charge in [-0.3, -0.25) is 0 Å². The standard InChI is InChI=1S/C13H19N3O2S/c1-19-10-4-2-3-9(7-10)15-13(18)16-11-8-14-6-5-12(11)17/h2-4,7,11-12,14,17H,5-6,8H2,1H3,(H2,15,16,18)/t11-,12-/m1/s1. The Hall–Kier alpha value is -1.24. The average Bonchev–Trinajstić information content (AvgIpc) is 2.41. The number of carbonyl (C=O) groups excluding carboxylic acids is 1. The van der Waals surface area contributed by atoms with Crippen LogP contribution >= 0.6 is 11.8 Å². The largest absolute Gasteiger partial charge is 0.391 e. The first-order valence-corrected chi connectivity index (χ1v) is 7.52. The van der Waals surface area contributed by atoms with E-state index in [1.54, 1.807) is 11.8 Å². The van der Waals surface area contributed by atoms with Crippen LogP contribution in [0.15, 0.2) is 29.2 Å². The van der Waals surface area contributed by atoms with Crippen LogP contribution in [0.3, 0.4) is 0 Å². The summed E-state index contributed by atoms with van der Waals surface area (Å²) in [6.45, 7) is 1.39. The van der Waals surface area contributed by atoms with Gasteiger partial charge in [0.2, 0.25) is 0 Å². The van der Waals surface area contributed by atoms with Gasteiger partial charge in [-0.25, -0.2) is 4.79 Å². The molecule has 2 rings (SSSR count). The van der Waals surface area contributed by atoms with Gasteiger partial charge in [0.15, 0.2) is 0 Å². The molecule has 1 aromatic rings. The number of amides is 2. The number of nitrogens with one attached hydrogen (secondary N) is 3. The maximum absolute atomic E-state index is 11.9. The molecule has 5 nitrogen and oxygen atoms in total. The summed E-state index contributed by atoms with van der Waals surface area (Å²) >= 11 is 1.62. The molecule has 2 amide bonds. The summed E-state index contributed by atoms with van der Waals surface area (Å²) in [5, 5.41) is 18.5. The van der Waals surface area contributed by atoms with Crippen LogP contribution < -0.4 is 16.0 Å². The van der Waals surface area contributed by atoms with E-state index in [1.807, 2.05) is 30.5 Å². The van der Waals surface area contributed by atoms with Crippen molar-refractivity contribution in [3.63, 3.8) is 0 Å². The zero-order valence-corrected chi connectivity index (χ0v) is 11.7. The third-order valence-electron chi connectivity index (χ3n) is 3.09. The molecular formula is C13H19N3O2S. The first-order chi connectivity index (χ1) is 9.19. The summed E-state index contributed by atoms with van der Waals surface area (Å²) < 4.78 is 0. The Bertz CT molecular complexity index is 442.